The molecule has 0 fully saturated rings. The van der Waals surface area contributed by atoms with Gasteiger partial charge in [-0.25, -0.2) is 9.79 Å². The van der Waals surface area contributed by atoms with Gasteiger partial charge >= 0.3 is 6.09 Å². The first-order valence-corrected chi connectivity index (χ1v) is 3.01. The molecule has 0 aromatic carbocycles. The van der Waals surface area contributed by atoms with Gasteiger partial charge in [-0.05, 0) is 0 Å². The Labute approximate surface area is 58.5 Å². The summed E-state index contributed by atoms with van der Waals surface area (Å²) in [4.78, 5) is 14.4. The smallest absolute Gasteiger partial charge is 0.376 e. The molecule has 1 rings (SSSR count). The maximum Gasteiger partial charge on any atom is 0.414 e. The molecular weight excluding hydrogens is 134 g/mol. The van der Waals surface area contributed by atoms with Gasteiger partial charge in [0.1, 0.15) is 0 Å². The van der Waals surface area contributed by atoms with Crippen molar-refractivity contribution in [2.45, 2.75) is 0 Å². The number of aliphatic imine (C=N–C) groups is 1. The second kappa shape index (κ2) is 3.05. The SMILES string of the molecule is CNC(=O)OC1=NCCN1. The summed E-state index contributed by atoms with van der Waals surface area (Å²) in [5, 5.41) is 5.10. The van der Waals surface area contributed by atoms with E-state index < -0.39 is 6.09 Å². The monoisotopic (exact) mass is 143 g/mol. The van der Waals surface area contributed by atoms with E-state index in [1.807, 2.05) is 0 Å². The lowest BCUT2D eigenvalue weighted by Gasteiger charge is -2.00. The zero-order chi connectivity index (χ0) is 7.40. The molecule has 0 saturated heterocycles. The Balaban J connectivity index is 2.30. The zero-order valence-corrected chi connectivity index (χ0v) is 5.68. The largest absolute Gasteiger partial charge is 0.414 e. The molecule has 0 aliphatic carbocycles. The fourth-order valence-electron chi connectivity index (χ4n) is 0.583. The van der Waals surface area contributed by atoms with Gasteiger partial charge in [0.15, 0.2) is 0 Å². The quantitative estimate of drug-likeness (QED) is 0.471. The molecule has 0 atom stereocenters. The average molecular weight is 143 g/mol. The van der Waals surface area contributed by atoms with Crippen LogP contribution in [0.1, 0.15) is 0 Å². The van der Waals surface area contributed by atoms with Gasteiger partial charge in [-0.2, -0.15) is 0 Å². The lowest BCUT2D eigenvalue weighted by atomic mass is 10.7. The zero-order valence-electron chi connectivity index (χ0n) is 5.68. The van der Waals surface area contributed by atoms with E-state index in [1.165, 1.54) is 7.05 Å². The number of ether oxygens (including phenoxy) is 1. The van der Waals surface area contributed by atoms with Crippen LogP contribution in [0, 0.1) is 0 Å². The van der Waals surface area contributed by atoms with Crippen molar-refractivity contribution >= 4 is 12.1 Å². The Morgan fingerprint density at radius 2 is 2.70 bits per heavy atom. The molecule has 1 aliphatic heterocycles. The predicted molar refractivity (Wildman–Crippen MR) is 35.8 cm³/mol. The van der Waals surface area contributed by atoms with Gasteiger partial charge < -0.3 is 15.4 Å². The molecule has 0 aromatic heterocycles. The summed E-state index contributed by atoms with van der Waals surface area (Å²) >= 11 is 0. The third-order valence-electron chi connectivity index (χ3n) is 1.04. The number of nitrogens with zero attached hydrogens (tertiary/aromatic N) is 1. The number of carbonyl (C=O) groups excluding carboxylic acids is 1. The van der Waals surface area contributed by atoms with Crippen molar-refractivity contribution in [3.63, 3.8) is 0 Å². The van der Waals surface area contributed by atoms with Gasteiger partial charge in [0.2, 0.25) is 0 Å². The number of nitrogens with one attached hydrogen (secondary N) is 2. The molecule has 1 amide bonds. The molecule has 1 heterocycles. The highest BCUT2D eigenvalue weighted by atomic mass is 16.6. The summed E-state index contributed by atoms with van der Waals surface area (Å²) < 4.78 is 4.65. The molecule has 0 saturated carbocycles. The minimum atomic E-state index is -0.492. The lowest BCUT2D eigenvalue weighted by molar-refractivity contribution is 0.198. The van der Waals surface area contributed by atoms with Crippen LogP contribution >= 0.6 is 0 Å². The standard InChI is InChI=1S/C5H9N3O2/c1-6-5(9)10-4-7-2-3-8-4/h2-3H2,1H3,(H,6,9)(H,7,8). The van der Waals surface area contributed by atoms with E-state index in [4.69, 9.17) is 0 Å². The van der Waals surface area contributed by atoms with E-state index in [-0.39, 0.29) is 0 Å². The highest BCUT2D eigenvalue weighted by Crippen LogP contribution is 1.86. The Hall–Kier alpha value is -1.26. The van der Waals surface area contributed by atoms with Crippen LogP contribution in [0.3, 0.4) is 0 Å². The fraction of sp³-hybridized carbons (Fsp3) is 0.600. The molecule has 0 radical (unpaired) electrons. The topological polar surface area (TPSA) is 62.7 Å². The average Bonchev–Trinajstić information content (AvgIpc) is 2.40. The Bertz CT molecular complexity index is 166. The van der Waals surface area contributed by atoms with E-state index in [0.717, 1.165) is 6.54 Å². The van der Waals surface area contributed by atoms with Gasteiger partial charge in [-0.1, -0.05) is 0 Å². The van der Waals surface area contributed by atoms with Crippen molar-refractivity contribution in [1.82, 2.24) is 10.6 Å². The van der Waals surface area contributed by atoms with Crippen molar-refractivity contribution in [2.75, 3.05) is 20.1 Å². The molecule has 0 unspecified atom stereocenters. The highest BCUT2D eigenvalue weighted by molar-refractivity contribution is 5.87. The Morgan fingerprint density at radius 3 is 3.20 bits per heavy atom. The molecule has 5 nitrogen and oxygen atoms in total. The van der Waals surface area contributed by atoms with Crippen LogP contribution in [0.4, 0.5) is 4.79 Å². The minimum Gasteiger partial charge on any atom is -0.376 e. The second-order valence-electron chi connectivity index (χ2n) is 1.75. The van der Waals surface area contributed by atoms with Crippen LogP contribution in [0.5, 0.6) is 0 Å². The van der Waals surface area contributed by atoms with Gasteiger partial charge in [-0.15, -0.1) is 0 Å². The maximum absolute atomic E-state index is 10.5. The third kappa shape index (κ3) is 1.61. The molecule has 1 aliphatic rings. The first kappa shape index (κ1) is 6.85. The minimum absolute atomic E-state index is 0.305. The summed E-state index contributed by atoms with van der Waals surface area (Å²) in [6.45, 7) is 1.42. The highest BCUT2D eigenvalue weighted by Gasteiger charge is 2.08. The number of amidine groups is 1. The predicted octanol–water partition coefficient (Wildman–Crippen LogP) is -0.698. The van der Waals surface area contributed by atoms with Crippen LogP contribution < -0.4 is 10.6 Å². The summed E-state index contributed by atoms with van der Waals surface area (Å²) in [5.41, 5.74) is 0. The van der Waals surface area contributed by atoms with Crippen LogP contribution in [0.25, 0.3) is 0 Å². The number of hydrogen-bond donors (Lipinski definition) is 2. The van der Waals surface area contributed by atoms with Crippen molar-refractivity contribution in [3.8, 4) is 0 Å². The van der Waals surface area contributed by atoms with Gasteiger partial charge in [0.25, 0.3) is 6.02 Å². The summed E-state index contributed by atoms with van der Waals surface area (Å²) in [6.07, 6.45) is -0.492. The first-order chi connectivity index (χ1) is 4.83. The van der Waals surface area contributed by atoms with Crippen molar-refractivity contribution in [3.05, 3.63) is 0 Å². The molecule has 10 heavy (non-hydrogen) atoms. The van der Waals surface area contributed by atoms with Crippen molar-refractivity contribution in [1.29, 1.82) is 0 Å². The maximum atomic E-state index is 10.5. The molecule has 2 N–H and O–H groups in total. The Kier molecular flexibility index (Phi) is 2.09. The molecule has 5 heteroatoms. The number of alkyl carbamates (subject to hydrolysis) is 1. The number of hydrogen-bond acceptors (Lipinski definition) is 4. The van der Waals surface area contributed by atoms with Crippen LogP contribution in [0.15, 0.2) is 4.99 Å². The summed E-state index contributed by atoms with van der Waals surface area (Å²) in [6, 6.07) is 0.305. The van der Waals surface area contributed by atoms with E-state index in [9.17, 15) is 4.79 Å². The first-order valence-electron chi connectivity index (χ1n) is 3.01. The number of carbonyl (C=O) groups is 1. The summed E-state index contributed by atoms with van der Waals surface area (Å²) in [5.74, 6) is 0. The van der Waals surface area contributed by atoms with Crippen LogP contribution in [-0.2, 0) is 4.74 Å². The van der Waals surface area contributed by atoms with Gasteiger partial charge in [0.05, 0.1) is 6.54 Å². The van der Waals surface area contributed by atoms with Crippen molar-refractivity contribution in [2.24, 2.45) is 4.99 Å². The van der Waals surface area contributed by atoms with Gasteiger partial charge in [0, 0.05) is 13.6 Å². The molecule has 0 aromatic rings. The molecule has 0 spiro atoms. The van der Waals surface area contributed by atoms with E-state index in [1.54, 1.807) is 0 Å². The fourth-order valence-corrected chi connectivity index (χ4v) is 0.583. The van der Waals surface area contributed by atoms with Gasteiger partial charge in [-0.3, -0.25) is 0 Å². The number of rotatable bonds is 0. The lowest BCUT2D eigenvalue weighted by Crippen LogP contribution is -2.29. The summed E-state index contributed by atoms with van der Waals surface area (Å²) in [7, 11) is 1.50. The normalized spacial score (nSPS) is 15.5. The second-order valence-corrected chi connectivity index (χ2v) is 1.75. The molecular formula is C5H9N3O2. The van der Waals surface area contributed by atoms with Crippen LogP contribution in [-0.4, -0.2) is 32.3 Å². The van der Waals surface area contributed by atoms with E-state index >= 15 is 0 Å². The van der Waals surface area contributed by atoms with E-state index in [2.05, 4.69) is 20.4 Å². The number of amides is 1. The molecule has 0 bridgehead atoms. The Morgan fingerprint density at radius 1 is 1.90 bits per heavy atom. The molecule has 56 valence electrons. The van der Waals surface area contributed by atoms with E-state index in [0.29, 0.717) is 12.6 Å². The third-order valence-corrected chi connectivity index (χ3v) is 1.04. The van der Waals surface area contributed by atoms with Crippen LogP contribution in [0.2, 0.25) is 0 Å². The van der Waals surface area contributed by atoms with Crippen molar-refractivity contribution < 1.29 is 9.53 Å².